The standard InChI is InChI=1S/C23H31N5O8/c24-18(29)9-8-15(23(35)36)26-21(33)16(11-13-5-2-1-3-6-13)27-22(34)17(12-19(30)31)28-20(32)14-7-4-10-25-14/h1-3,5-6,14-17,25H,4,7-12H2,(H2,24,29)(H,26,33)(H,27,34)(H,28,32)(H,30,31)(H,35,36). The molecule has 4 unspecified atom stereocenters. The van der Waals surface area contributed by atoms with Gasteiger partial charge in [0.15, 0.2) is 0 Å². The minimum atomic E-state index is -1.46. The normalized spacial score (nSPS) is 17.3. The number of carboxylic acids is 2. The predicted molar refractivity (Wildman–Crippen MR) is 125 cm³/mol. The van der Waals surface area contributed by atoms with E-state index >= 15 is 0 Å². The molecule has 1 aromatic rings. The molecule has 196 valence electrons. The summed E-state index contributed by atoms with van der Waals surface area (Å²) in [4.78, 5) is 72.4. The Bertz CT molecular complexity index is 965. The maximum atomic E-state index is 13.0. The molecule has 4 atom stereocenters. The number of aliphatic carboxylic acids is 2. The van der Waals surface area contributed by atoms with E-state index in [0.29, 0.717) is 18.5 Å². The van der Waals surface area contributed by atoms with Crippen molar-refractivity contribution in [2.75, 3.05) is 6.54 Å². The molecule has 0 spiro atoms. The van der Waals surface area contributed by atoms with Gasteiger partial charge in [-0.3, -0.25) is 24.0 Å². The molecule has 2 rings (SSSR count). The molecule has 0 radical (unpaired) electrons. The van der Waals surface area contributed by atoms with Crippen LogP contribution in [0.2, 0.25) is 0 Å². The average molecular weight is 506 g/mol. The highest BCUT2D eigenvalue weighted by Crippen LogP contribution is 2.08. The van der Waals surface area contributed by atoms with E-state index in [1.54, 1.807) is 30.3 Å². The molecule has 0 bridgehead atoms. The molecule has 1 aromatic carbocycles. The second-order valence-electron chi connectivity index (χ2n) is 8.46. The van der Waals surface area contributed by atoms with Gasteiger partial charge >= 0.3 is 11.9 Å². The van der Waals surface area contributed by atoms with Crippen molar-refractivity contribution in [1.82, 2.24) is 21.3 Å². The Morgan fingerprint density at radius 1 is 0.944 bits per heavy atom. The number of primary amides is 1. The molecule has 36 heavy (non-hydrogen) atoms. The van der Waals surface area contributed by atoms with Crippen molar-refractivity contribution in [2.45, 2.75) is 62.7 Å². The molecule has 13 nitrogen and oxygen atoms in total. The highest BCUT2D eigenvalue weighted by Gasteiger charge is 2.32. The van der Waals surface area contributed by atoms with Crippen LogP contribution in [-0.4, -0.2) is 76.5 Å². The largest absolute Gasteiger partial charge is 0.481 e. The number of carbonyl (C=O) groups excluding carboxylic acids is 4. The zero-order valence-corrected chi connectivity index (χ0v) is 19.6. The molecule has 0 saturated carbocycles. The van der Waals surface area contributed by atoms with Crippen LogP contribution in [0.3, 0.4) is 0 Å². The molecule has 1 heterocycles. The van der Waals surface area contributed by atoms with Gasteiger partial charge in [0.25, 0.3) is 0 Å². The Morgan fingerprint density at radius 3 is 2.14 bits per heavy atom. The van der Waals surface area contributed by atoms with Gasteiger partial charge in [0.05, 0.1) is 12.5 Å². The number of nitrogens with two attached hydrogens (primary N) is 1. The van der Waals surface area contributed by atoms with E-state index in [2.05, 4.69) is 21.3 Å². The van der Waals surface area contributed by atoms with Crippen LogP contribution < -0.4 is 27.0 Å². The summed E-state index contributed by atoms with van der Waals surface area (Å²) in [6.45, 7) is 0.619. The van der Waals surface area contributed by atoms with Crippen LogP contribution in [0.4, 0.5) is 0 Å². The van der Waals surface area contributed by atoms with Crippen LogP contribution in [0.5, 0.6) is 0 Å². The topological polar surface area (TPSA) is 217 Å². The molecule has 4 amide bonds. The van der Waals surface area contributed by atoms with E-state index in [9.17, 15) is 39.0 Å². The molecule has 1 fully saturated rings. The molecular weight excluding hydrogens is 474 g/mol. The third-order valence-electron chi connectivity index (χ3n) is 5.60. The quantitative estimate of drug-likeness (QED) is 0.152. The van der Waals surface area contributed by atoms with Gasteiger partial charge in [-0.05, 0) is 31.4 Å². The molecule has 13 heteroatoms. The van der Waals surface area contributed by atoms with Gasteiger partial charge in [0.2, 0.25) is 23.6 Å². The van der Waals surface area contributed by atoms with Crippen LogP contribution in [0.25, 0.3) is 0 Å². The second kappa shape index (κ2) is 13.8. The number of hydrogen-bond acceptors (Lipinski definition) is 7. The third kappa shape index (κ3) is 9.33. The van der Waals surface area contributed by atoms with Crippen molar-refractivity contribution in [1.29, 1.82) is 0 Å². The first-order chi connectivity index (χ1) is 17.1. The van der Waals surface area contributed by atoms with Gasteiger partial charge in [0.1, 0.15) is 18.1 Å². The first-order valence-electron chi connectivity index (χ1n) is 11.5. The molecule has 1 aliphatic heterocycles. The SMILES string of the molecule is NC(=O)CCC(NC(=O)C(Cc1ccccc1)NC(=O)C(CC(=O)O)NC(=O)C1CCCN1)C(=O)O. The maximum Gasteiger partial charge on any atom is 0.326 e. The monoisotopic (exact) mass is 505 g/mol. The Hall–Kier alpha value is -4.00. The second-order valence-corrected chi connectivity index (χ2v) is 8.46. The number of benzene rings is 1. The number of amides is 4. The smallest absolute Gasteiger partial charge is 0.326 e. The molecular formula is C23H31N5O8. The Morgan fingerprint density at radius 2 is 1.58 bits per heavy atom. The van der Waals surface area contributed by atoms with Gasteiger partial charge in [0, 0.05) is 12.8 Å². The molecule has 0 aliphatic carbocycles. The van der Waals surface area contributed by atoms with Crippen LogP contribution in [0.1, 0.15) is 37.7 Å². The Balaban J connectivity index is 2.19. The average Bonchev–Trinajstić information content (AvgIpc) is 3.36. The zero-order valence-electron chi connectivity index (χ0n) is 19.6. The lowest BCUT2D eigenvalue weighted by molar-refractivity contribution is -0.143. The van der Waals surface area contributed by atoms with Crippen molar-refractivity contribution in [3.05, 3.63) is 35.9 Å². The van der Waals surface area contributed by atoms with Gasteiger partial charge in [-0.2, -0.15) is 0 Å². The van der Waals surface area contributed by atoms with E-state index in [4.69, 9.17) is 5.73 Å². The predicted octanol–water partition coefficient (Wildman–Crippen LogP) is -1.74. The summed E-state index contributed by atoms with van der Waals surface area (Å²) < 4.78 is 0. The summed E-state index contributed by atoms with van der Waals surface area (Å²) in [6, 6.07) is 3.79. The number of hydrogen-bond donors (Lipinski definition) is 7. The molecule has 0 aromatic heterocycles. The summed E-state index contributed by atoms with van der Waals surface area (Å²) in [6.07, 6.45) is -0.00987. The van der Waals surface area contributed by atoms with Crippen LogP contribution in [0.15, 0.2) is 30.3 Å². The van der Waals surface area contributed by atoms with E-state index in [0.717, 1.165) is 6.42 Å². The van der Waals surface area contributed by atoms with Gasteiger partial charge in [-0.25, -0.2) is 4.79 Å². The maximum absolute atomic E-state index is 13.0. The molecule has 1 aliphatic rings. The lowest BCUT2D eigenvalue weighted by atomic mass is 10.0. The first kappa shape index (κ1) is 28.2. The van der Waals surface area contributed by atoms with Gasteiger partial charge in [-0.15, -0.1) is 0 Å². The third-order valence-corrected chi connectivity index (χ3v) is 5.60. The summed E-state index contributed by atoms with van der Waals surface area (Å²) >= 11 is 0. The fraction of sp³-hybridized carbons (Fsp3) is 0.478. The van der Waals surface area contributed by atoms with Crippen molar-refractivity contribution in [3.8, 4) is 0 Å². The molecule has 1 saturated heterocycles. The fourth-order valence-corrected chi connectivity index (χ4v) is 3.71. The van der Waals surface area contributed by atoms with E-state index in [1.165, 1.54) is 0 Å². The molecule has 8 N–H and O–H groups in total. The number of nitrogens with one attached hydrogen (secondary N) is 4. The van der Waals surface area contributed by atoms with E-state index < -0.39 is 66.2 Å². The number of carbonyl (C=O) groups is 6. The first-order valence-corrected chi connectivity index (χ1v) is 11.5. The van der Waals surface area contributed by atoms with Crippen LogP contribution >= 0.6 is 0 Å². The lowest BCUT2D eigenvalue weighted by Crippen LogP contribution is -2.58. The number of rotatable bonds is 14. The summed E-state index contributed by atoms with van der Waals surface area (Å²) in [7, 11) is 0. The van der Waals surface area contributed by atoms with E-state index in [-0.39, 0.29) is 19.3 Å². The Kier molecular flexibility index (Phi) is 10.8. The Labute approximate surface area is 207 Å². The minimum Gasteiger partial charge on any atom is -0.481 e. The summed E-state index contributed by atoms with van der Waals surface area (Å²) in [5, 5.41) is 28.8. The van der Waals surface area contributed by atoms with Crippen molar-refractivity contribution >= 4 is 35.6 Å². The van der Waals surface area contributed by atoms with Crippen LogP contribution in [-0.2, 0) is 35.2 Å². The highest BCUT2D eigenvalue weighted by molar-refractivity contribution is 5.95. The fourth-order valence-electron chi connectivity index (χ4n) is 3.71. The van der Waals surface area contributed by atoms with Crippen LogP contribution in [0, 0.1) is 0 Å². The van der Waals surface area contributed by atoms with Crippen molar-refractivity contribution in [2.24, 2.45) is 5.73 Å². The lowest BCUT2D eigenvalue weighted by Gasteiger charge is -2.25. The highest BCUT2D eigenvalue weighted by atomic mass is 16.4. The van der Waals surface area contributed by atoms with E-state index in [1.807, 2.05) is 0 Å². The van der Waals surface area contributed by atoms with Gasteiger partial charge in [-0.1, -0.05) is 30.3 Å². The van der Waals surface area contributed by atoms with Gasteiger partial charge < -0.3 is 37.2 Å². The minimum absolute atomic E-state index is 0.0432. The van der Waals surface area contributed by atoms with Crippen molar-refractivity contribution in [3.63, 3.8) is 0 Å². The zero-order chi connectivity index (χ0) is 26.7. The summed E-state index contributed by atoms with van der Waals surface area (Å²) in [5.74, 6) is -5.78. The summed E-state index contributed by atoms with van der Waals surface area (Å²) in [5.41, 5.74) is 5.70. The number of carboxylic acid groups (broad SMARTS) is 2. The van der Waals surface area contributed by atoms with Crippen molar-refractivity contribution < 1.29 is 39.0 Å².